The lowest BCUT2D eigenvalue weighted by molar-refractivity contribution is -0.0642. The standard InChI is InChI=1S/C13H19NO5S/c1-10-5-3-4-6-11(10)19-12-7-14(20(2,17)18)8-13(12,16)9-15/h3-6,12,15-16H,7-9H2,1-2H3/t12-,13-/m0/s1. The van der Waals surface area contributed by atoms with Gasteiger partial charge in [-0.2, -0.15) is 4.31 Å². The number of aliphatic hydroxyl groups is 2. The first-order chi connectivity index (χ1) is 9.26. The van der Waals surface area contributed by atoms with Gasteiger partial charge in [0.25, 0.3) is 0 Å². The first-order valence-electron chi connectivity index (χ1n) is 6.27. The minimum atomic E-state index is -3.44. The summed E-state index contributed by atoms with van der Waals surface area (Å²) < 4.78 is 30.0. The number of aliphatic hydroxyl groups excluding tert-OH is 1. The van der Waals surface area contributed by atoms with E-state index >= 15 is 0 Å². The molecule has 1 aliphatic heterocycles. The Morgan fingerprint density at radius 2 is 2.10 bits per heavy atom. The average Bonchev–Trinajstić information content (AvgIpc) is 2.71. The molecular formula is C13H19NO5S. The molecule has 0 radical (unpaired) electrons. The molecule has 0 amide bonds. The van der Waals surface area contributed by atoms with Crippen molar-refractivity contribution in [1.29, 1.82) is 0 Å². The normalized spacial score (nSPS) is 27.7. The van der Waals surface area contributed by atoms with Crippen LogP contribution in [0.2, 0.25) is 0 Å². The number of aryl methyl sites for hydroxylation is 1. The molecule has 1 heterocycles. The highest BCUT2D eigenvalue weighted by Crippen LogP contribution is 2.29. The van der Waals surface area contributed by atoms with E-state index in [1.165, 1.54) is 0 Å². The Kier molecular flexibility index (Phi) is 4.06. The summed E-state index contributed by atoms with van der Waals surface area (Å²) in [6, 6.07) is 7.26. The van der Waals surface area contributed by atoms with Crippen molar-refractivity contribution in [3.05, 3.63) is 29.8 Å². The molecule has 1 aliphatic rings. The van der Waals surface area contributed by atoms with Gasteiger partial charge in [-0.05, 0) is 18.6 Å². The molecule has 20 heavy (non-hydrogen) atoms. The fourth-order valence-electron chi connectivity index (χ4n) is 2.22. The highest BCUT2D eigenvalue weighted by Gasteiger charge is 2.49. The second kappa shape index (κ2) is 5.33. The van der Waals surface area contributed by atoms with Crippen molar-refractivity contribution in [3.63, 3.8) is 0 Å². The second-order valence-corrected chi connectivity index (χ2v) is 7.17. The molecule has 0 spiro atoms. The zero-order chi connectivity index (χ0) is 15.0. The van der Waals surface area contributed by atoms with Crippen LogP contribution in [0.3, 0.4) is 0 Å². The Morgan fingerprint density at radius 1 is 1.45 bits per heavy atom. The van der Waals surface area contributed by atoms with Crippen LogP contribution >= 0.6 is 0 Å². The van der Waals surface area contributed by atoms with Crippen molar-refractivity contribution in [2.75, 3.05) is 26.0 Å². The van der Waals surface area contributed by atoms with Crippen molar-refractivity contribution in [3.8, 4) is 5.75 Å². The monoisotopic (exact) mass is 301 g/mol. The molecule has 0 aromatic heterocycles. The Morgan fingerprint density at radius 3 is 2.65 bits per heavy atom. The quantitative estimate of drug-likeness (QED) is 0.800. The number of hydrogen-bond acceptors (Lipinski definition) is 5. The summed E-state index contributed by atoms with van der Waals surface area (Å²) >= 11 is 0. The fourth-order valence-corrected chi connectivity index (χ4v) is 3.08. The van der Waals surface area contributed by atoms with Crippen LogP contribution in [-0.2, 0) is 10.0 Å². The summed E-state index contributed by atoms with van der Waals surface area (Å²) in [5, 5.41) is 19.7. The zero-order valence-corrected chi connectivity index (χ0v) is 12.3. The van der Waals surface area contributed by atoms with Gasteiger partial charge in [-0.25, -0.2) is 8.42 Å². The first kappa shape index (κ1) is 15.2. The van der Waals surface area contributed by atoms with Gasteiger partial charge in [-0.3, -0.25) is 0 Å². The maximum Gasteiger partial charge on any atom is 0.211 e. The number of hydrogen-bond donors (Lipinski definition) is 2. The molecular weight excluding hydrogens is 282 g/mol. The van der Waals surface area contributed by atoms with E-state index in [9.17, 15) is 18.6 Å². The summed E-state index contributed by atoms with van der Waals surface area (Å²) in [6.07, 6.45) is 0.268. The molecule has 2 N–H and O–H groups in total. The Bertz CT molecular complexity index is 588. The van der Waals surface area contributed by atoms with Gasteiger partial charge in [-0.1, -0.05) is 18.2 Å². The molecule has 7 heteroatoms. The predicted octanol–water partition coefficient (Wildman–Crippen LogP) is -0.259. The lowest BCUT2D eigenvalue weighted by atomic mass is 10.0. The van der Waals surface area contributed by atoms with Crippen molar-refractivity contribution in [2.45, 2.75) is 18.6 Å². The minimum absolute atomic E-state index is 0.0181. The summed E-state index contributed by atoms with van der Waals surface area (Å²) in [7, 11) is -3.44. The third kappa shape index (κ3) is 2.95. The van der Waals surface area contributed by atoms with Gasteiger partial charge in [0.1, 0.15) is 17.5 Å². The number of sulfonamides is 1. The van der Waals surface area contributed by atoms with E-state index in [2.05, 4.69) is 0 Å². The maximum absolute atomic E-state index is 11.6. The van der Waals surface area contributed by atoms with E-state index < -0.39 is 28.3 Å². The van der Waals surface area contributed by atoms with Gasteiger partial charge < -0.3 is 14.9 Å². The van der Waals surface area contributed by atoms with E-state index in [1.54, 1.807) is 12.1 Å². The number of para-hydroxylation sites is 1. The molecule has 0 saturated carbocycles. The molecule has 1 fully saturated rings. The molecule has 6 nitrogen and oxygen atoms in total. The molecule has 1 aromatic rings. The van der Waals surface area contributed by atoms with Crippen LogP contribution in [0.25, 0.3) is 0 Å². The summed E-state index contributed by atoms with van der Waals surface area (Å²) in [5.41, 5.74) is -0.712. The molecule has 0 unspecified atom stereocenters. The maximum atomic E-state index is 11.6. The third-order valence-corrected chi connectivity index (χ3v) is 4.74. The van der Waals surface area contributed by atoms with Gasteiger partial charge in [-0.15, -0.1) is 0 Å². The molecule has 0 aliphatic carbocycles. The number of benzene rings is 1. The van der Waals surface area contributed by atoms with Crippen LogP contribution in [0.15, 0.2) is 24.3 Å². The molecule has 2 atom stereocenters. The molecule has 0 bridgehead atoms. The van der Waals surface area contributed by atoms with E-state index in [0.717, 1.165) is 16.1 Å². The van der Waals surface area contributed by atoms with Crippen molar-refractivity contribution < 1.29 is 23.4 Å². The highest BCUT2D eigenvalue weighted by atomic mass is 32.2. The van der Waals surface area contributed by atoms with Gasteiger partial charge in [0.05, 0.1) is 19.4 Å². The Hall–Kier alpha value is -1.15. The second-order valence-electron chi connectivity index (χ2n) is 5.19. The Labute approximate surface area is 118 Å². The van der Waals surface area contributed by atoms with Gasteiger partial charge >= 0.3 is 0 Å². The van der Waals surface area contributed by atoms with Crippen LogP contribution in [0.5, 0.6) is 5.75 Å². The van der Waals surface area contributed by atoms with Crippen LogP contribution in [0.1, 0.15) is 5.56 Å². The van der Waals surface area contributed by atoms with Crippen LogP contribution < -0.4 is 4.74 Å². The molecule has 2 rings (SSSR count). The smallest absolute Gasteiger partial charge is 0.211 e. The van der Waals surface area contributed by atoms with E-state index in [-0.39, 0.29) is 13.1 Å². The lowest BCUT2D eigenvalue weighted by Gasteiger charge is -2.27. The first-order valence-corrected chi connectivity index (χ1v) is 8.12. The van der Waals surface area contributed by atoms with Gasteiger partial charge in [0, 0.05) is 6.54 Å². The molecule has 1 saturated heterocycles. The predicted molar refractivity (Wildman–Crippen MR) is 74.0 cm³/mol. The van der Waals surface area contributed by atoms with Crippen molar-refractivity contribution in [1.82, 2.24) is 4.31 Å². The van der Waals surface area contributed by atoms with Crippen LogP contribution in [0, 0.1) is 6.92 Å². The number of β-amino-alcohol motifs (C(OH)–C–C–N with tert-alkyl or cyclic N) is 1. The average molecular weight is 301 g/mol. The number of nitrogens with zero attached hydrogens (tertiary/aromatic N) is 1. The van der Waals surface area contributed by atoms with Crippen LogP contribution in [0.4, 0.5) is 0 Å². The Balaban J connectivity index is 2.24. The topological polar surface area (TPSA) is 87.1 Å². The summed E-state index contributed by atoms with van der Waals surface area (Å²) in [5.74, 6) is 0.569. The number of rotatable bonds is 4. The van der Waals surface area contributed by atoms with Gasteiger partial charge in [0.15, 0.2) is 0 Å². The number of ether oxygens (including phenoxy) is 1. The zero-order valence-electron chi connectivity index (χ0n) is 11.5. The fraction of sp³-hybridized carbons (Fsp3) is 0.538. The lowest BCUT2D eigenvalue weighted by Crippen LogP contribution is -2.48. The van der Waals surface area contributed by atoms with Crippen molar-refractivity contribution >= 4 is 10.0 Å². The van der Waals surface area contributed by atoms with E-state index in [4.69, 9.17) is 4.74 Å². The third-order valence-electron chi connectivity index (χ3n) is 3.52. The summed E-state index contributed by atoms with van der Waals surface area (Å²) in [4.78, 5) is 0. The van der Waals surface area contributed by atoms with E-state index in [0.29, 0.717) is 5.75 Å². The highest BCUT2D eigenvalue weighted by molar-refractivity contribution is 7.88. The van der Waals surface area contributed by atoms with E-state index in [1.807, 2.05) is 19.1 Å². The van der Waals surface area contributed by atoms with Crippen molar-refractivity contribution in [2.24, 2.45) is 0 Å². The molecule has 1 aromatic carbocycles. The SMILES string of the molecule is Cc1ccccc1O[C@H]1CN(S(C)(=O)=O)C[C@]1(O)CO. The summed E-state index contributed by atoms with van der Waals surface area (Å²) in [6.45, 7) is 1.15. The minimum Gasteiger partial charge on any atom is -0.486 e. The van der Waals surface area contributed by atoms with Gasteiger partial charge in [0.2, 0.25) is 10.0 Å². The molecule has 112 valence electrons. The van der Waals surface area contributed by atoms with Crippen LogP contribution in [-0.4, -0.2) is 60.6 Å². The largest absolute Gasteiger partial charge is 0.486 e.